The lowest BCUT2D eigenvalue weighted by molar-refractivity contribution is 0.0942. The second-order valence-electron chi connectivity index (χ2n) is 3.80. The van der Waals surface area contributed by atoms with Gasteiger partial charge in [-0.05, 0) is 25.5 Å². The van der Waals surface area contributed by atoms with Crippen LogP contribution in [0.4, 0.5) is 0 Å². The Hall–Kier alpha value is -1.95. The zero-order valence-electron chi connectivity index (χ0n) is 10.4. The van der Waals surface area contributed by atoms with Gasteiger partial charge in [-0.1, -0.05) is 24.5 Å². The van der Waals surface area contributed by atoms with Crippen molar-refractivity contribution in [2.24, 2.45) is 0 Å². The molecule has 1 unspecified atom stereocenters. The highest BCUT2D eigenvalue weighted by Gasteiger charge is 2.14. The van der Waals surface area contributed by atoms with Crippen LogP contribution in [0.3, 0.4) is 0 Å². The molecule has 0 fully saturated rings. The van der Waals surface area contributed by atoms with E-state index in [9.17, 15) is 4.79 Å². The minimum absolute atomic E-state index is 0.199. The van der Waals surface area contributed by atoms with E-state index in [0.717, 1.165) is 5.56 Å². The summed E-state index contributed by atoms with van der Waals surface area (Å²) in [7, 11) is 1.54. The van der Waals surface area contributed by atoms with Gasteiger partial charge in [0, 0.05) is 0 Å². The van der Waals surface area contributed by atoms with Gasteiger partial charge in [0.15, 0.2) is 0 Å². The summed E-state index contributed by atoms with van der Waals surface area (Å²) in [5, 5.41) is 2.78. The van der Waals surface area contributed by atoms with Crippen LogP contribution in [0.15, 0.2) is 18.2 Å². The van der Waals surface area contributed by atoms with E-state index < -0.39 is 0 Å². The number of benzene rings is 1. The Bertz CT molecular complexity index is 446. The number of terminal acetylenes is 1. The number of aryl methyl sites for hydroxylation is 1. The van der Waals surface area contributed by atoms with Crippen molar-refractivity contribution in [1.29, 1.82) is 0 Å². The fourth-order valence-corrected chi connectivity index (χ4v) is 1.50. The molecule has 0 aliphatic heterocycles. The third-order valence-corrected chi connectivity index (χ3v) is 2.51. The van der Waals surface area contributed by atoms with Crippen molar-refractivity contribution in [3.8, 4) is 18.1 Å². The Morgan fingerprint density at radius 1 is 1.59 bits per heavy atom. The monoisotopic (exact) mass is 231 g/mol. The molecule has 1 N–H and O–H groups in total. The largest absolute Gasteiger partial charge is 0.496 e. The quantitative estimate of drug-likeness (QED) is 0.806. The molecule has 90 valence electrons. The Balaban J connectivity index is 2.95. The molecule has 3 nitrogen and oxygen atoms in total. The summed E-state index contributed by atoms with van der Waals surface area (Å²) >= 11 is 0. The highest BCUT2D eigenvalue weighted by molar-refractivity contribution is 5.97. The molecule has 0 bridgehead atoms. The topological polar surface area (TPSA) is 38.3 Å². The normalized spacial score (nSPS) is 11.4. The molecule has 1 rings (SSSR count). The summed E-state index contributed by atoms with van der Waals surface area (Å²) in [4.78, 5) is 12.0. The summed E-state index contributed by atoms with van der Waals surface area (Å²) < 4.78 is 5.16. The van der Waals surface area contributed by atoms with Gasteiger partial charge in [-0.25, -0.2) is 0 Å². The molecule has 1 atom stereocenters. The van der Waals surface area contributed by atoms with Gasteiger partial charge in [0.2, 0.25) is 0 Å². The molecule has 0 radical (unpaired) electrons. The molecule has 0 heterocycles. The minimum atomic E-state index is -0.243. The summed E-state index contributed by atoms with van der Waals surface area (Å²) in [5.74, 6) is 2.89. The molecule has 0 saturated heterocycles. The Morgan fingerprint density at radius 2 is 2.29 bits per heavy atom. The van der Waals surface area contributed by atoms with E-state index in [-0.39, 0.29) is 11.9 Å². The molecular formula is C14H17NO2. The highest BCUT2D eigenvalue weighted by Crippen LogP contribution is 2.19. The highest BCUT2D eigenvalue weighted by atomic mass is 16.5. The van der Waals surface area contributed by atoms with Crippen molar-refractivity contribution in [2.75, 3.05) is 7.11 Å². The van der Waals surface area contributed by atoms with Crippen LogP contribution in [-0.2, 0) is 0 Å². The summed E-state index contributed by atoms with van der Waals surface area (Å²) in [6, 6.07) is 5.22. The van der Waals surface area contributed by atoms with Gasteiger partial charge >= 0.3 is 0 Å². The standard InChI is InChI=1S/C14H17NO2/c1-5-11(6-2)15-14(16)12-9-10(3)7-8-13(12)17-4/h1,7-9,11H,6H2,2-4H3,(H,15,16). The van der Waals surface area contributed by atoms with E-state index in [1.807, 2.05) is 19.9 Å². The second kappa shape index (κ2) is 5.95. The molecule has 17 heavy (non-hydrogen) atoms. The van der Waals surface area contributed by atoms with Gasteiger partial charge in [-0.15, -0.1) is 6.42 Å². The number of hydrogen-bond acceptors (Lipinski definition) is 2. The van der Waals surface area contributed by atoms with Crippen LogP contribution in [0.1, 0.15) is 29.3 Å². The fourth-order valence-electron chi connectivity index (χ4n) is 1.50. The van der Waals surface area contributed by atoms with Gasteiger partial charge in [0.05, 0.1) is 18.7 Å². The van der Waals surface area contributed by atoms with Gasteiger partial charge < -0.3 is 10.1 Å². The van der Waals surface area contributed by atoms with E-state index in [1.54, 1.807) is 19.2 Å². The molecular weight excluding hydrogens is 214 g/mol. The molecule has 0 aliphatic carbocycles. The Labute approximate surface area is 102 Å². The average molecular weight is 231 g/mol. The average Bonchev–Trinajstić information content (AvgIpc) is 2.35. The smallest absolute Gasteiger partial charge is 0.256 e. The zero-order chi connectivity index (χ0) is 12.8. The van der Waals surface area contributed by atoms with Crippen molar-refractivity contribution in [2.45, 2.75) is 26.3 Å². The Morgan fingerprint density at radius 3 is 2.82 bits per heavy atom. The maximum Gasteiger partial charge on any atom is 0.256 e. The summed E-state index contributed by atoms with van der Waals surface area (Å²) in [6.07, 6.45) is 6.02. The van der Waals surface area contributed by atoms with Crippen molar-refractivity contribution in [1.82, 2.24) is 5.32 Å². The van der Waals surface area contributed by atoms with Crippen LogP contribution >= 0.6 is 0 Å². The molecule has 1 aromatic rings. The maximum absolute atomic E-state index is 12.0. The number of amides is 1. The number of carbonyl (C=O) groups excluding carboxylic acids is 1. The molecule has 0 spiro atoms. The van der Waals surface area contributed by atoms with Crippen LogP contribution in [0.2, 0.25) is 0 Å². The van der Waals surface area contributed by atoms with E-state index in [4.69, 9.17) is 11.2 Å². The van der Waals surface area contributed by atoms with Crippen LogP contribution in [0.5, 0.6) is 5.75 Å². The SMILES string of the molecule is C#CC(CC)NC(=O)c1cc(C)ccc1OC. The number of carbonyl (C=O) groups is 1. The first-order valence-electron chi connectivity index (χ1n) is 5.54. The van der Waals surface area contributed by atoms with E-state index in [0.29, 0.717) is 17.7 Å². The van der Waals surface area contributed by atoms with Crippen LogP contribution in [0.25, 0.3) is 0 Å². The van der Waals surface area contributed by atoms with Gasteiger partial charge in [-0.2, -0.15) is 0 Å². The van der Waals surface area contributed by atoms with Gasteiger partial charge in [0.1, 0.15) is 5.75 Å². The van der Waals surface area contributed by atoms with Crippen molar-refractivity contribution >= 4 is 5.91 Å². The van der Waals surface area contributed by atoms with Crippen molar-refractivity contribution in [3.05, 3.63) is 29.3 Å². The molecule has 0 aromatic heterocycles. The van der Waals surface area contributed by atoms with Crippen molar-refractivity contribution in [3.63, 3.8) is 0 Å². The molecule has 1 aromatic carbocycles. The first kappa shape index (κ1) is 13.1. The lowest BCUT2D eigenvalue weighted by Crippen LogP contribution is -2.33. The fraction of sp³-hybridized carbons (Fsp3) is 0.357. The molecule has 0 aliphatic rings. The predicted molar refractivity (Wildman–Crippen MR) is 68.1 cm³/mol. The first-order valence-corrected chi connectivity index (χ1v) is 5.54. The molecule has 1 amide bonds. The minimum Gasteiger partial charge on any atom is -0.496 e. The third kappa shape index (κ3) is 3.25. The van der Waals surface area contributed by atoms with Crippen LogP contribution in [-0.4, -0.2) is 19.1 Å². The lowest BCUT2D eigenvalue weighted by atomic mass is 10.1. The van der Waals surface area contributed by atoms with Crippen LogP contribution < -0.4 is 10.1 Å². The van der Waals surface area contributed by atoms with E-state index in [2.05, 4.69) is 11.2 Å². The van der Waals surface area contributed by atoms with Crippen LogP contribution in [0, 0.1) is 19.3 Å². The van der Waals surface area contributed by atoms with E-state index in [1.165, 1.54) is 0 Å². The van der Waals surface area contributed by atoms with Gasteiger partial charge in [0.25, 0.3) is 5.91 Å². The number of nitrogens with one attached hydrogen (secondary N) is 1. The summed E-state index contributed by atoms with van der Waals surface area (Å²) in [6.45, 7) is 3.85. The number of ether oxygens (including phenoxy) is 1. The van der Waals surface area contributed by atoms with Crippen molar-refractivity contribution < 1.29 is 9.53 Å². The third-order valence-electron chi connectivity index (χ3n) is 2.51. The predicted octanol–water partition coefficient (Wildman–Crippen LogP) is 2.15. The van der Waals surface area contributed by atoms with Gasteiger partial charge in [-0.3, -0.25) is 4.79 Å². The zero-order valence-corrected chi connectivity index (χ0v) is 10.4. The number of hydrogen-bond donors (Lipinski definition) is 1. The molecule has 3 heteroatoms. The first-order chi connectivity index (χ1) is 8.12. The second-order valence-corrected chi connectivity index (χ2v) is 3.80. The maximum atomic E-state index is 12.0. The Kier molecular flexibility index (Phi) is 4.59. The van der Waals surface area contributed by atoms with E-state index >= 15 is 0 Å². The number of rotatable bonds is 4. The summed E-state index contributed by atoms with van der Waals surface area (Å²) in [5.41, 5.74) is 1.52. The molecule has 0 saturated carbocycles. The lowest BCUT2D eigenvalue weighted by Gasteiger charge is -2.13. The number of methoxy groups -OCH3 is 1.